The van der Waals surface area contributed by atoms with Crippen LogP contribution in [-0.2, 0) is 17.9 Å². The van der Waals surface area contributed by atoms with Crippen LogP contribution in [0.5, 0.6) is 0 Å². The van der Waals surface area contributed by atoms with E-state index in [4.69, 9.17) is 15.2 Å². The van der Waals surface area contributed by atoms with Crippen molar-refractivity contribution in [2.24, 2.45) is 0 Å². The average Bonchev–Trinajstić information content (AvgIpc) is 3.39. The lowest BCUT2D eigenvalue weighted by molar-refractivity contribution is -0.192. The number of hydrogen-bond acceptors (Lipinski definition) is 6. The normalized spacial score (nSPS) is 14.6. The number of hydrogen-bond donors (Lipinski definition) is 3. The van der Waals surface area contributed by atoms with Crippen molar-refractivity contribution >= 4 is 5.97 Å². The molecule has 0 spiro atoms. The standard InChI is InChI=1S/C22H24N6.C2HF3O2/c23-13-17-4-6-18(7-5-17)15-28-10-8-21(9-11-28)24-14-19-2-1-3-20(12-19)22-25-16-26-27-22;3-2(4,5)1(6)7/h1-7,12,16,21,24H,8-11,14-15H2,(H,25,26,27);(H,6,7). The molecule has 0 amide bonds. The lowest BCUT2D eigenvalue weighted by Gasteiger charge is -2.32. The monoisotopic (exact) mass is 486 g/mol. The molecular formula is C24H25F3N6O2. The van der Waals surface area contributed by atoms with Gasteiger partial charge in [0.15, 0.2) is 5.82 Å². The third-order valence-corrected chi connectivity index (χ3v) is 5.53. The van der Waals surface area contributed by atoms with E-state index in [-0.39, 0.29) is 0 Å². The Morgan fingerprint density at radius 1 is 1.17 bits per heavy atom. The number of likely N-dealkylation sites (tertiary alicyclic amines) is 1. The molecule has 8 nitrogen and oxygen atoms in total. The highest BCUT2D eigenvalue weighted by molar-refractivity contribution is 5.73. The number of H-pyrrole nitrogens is 1. The summed E-state index contributed by atoms with van der Waals surface area (Å²) in [5.41, 5.74) is 4.32. The number of halogens is 3. The highest BCUT2D eigenvalue weighted by Crippen LogP contribution is 2.18. The van der Waals surface area contributed by atoms with Gasteiger partial charge in [-0.3, -0.25) is 10.00 Å². The van der Waals surface area contributed by atoms with Crippen LogP contribution >= 0.6 is 0 Å². The van der Waals surface area contributed by atoms with E-state index < -0.39 is 12.1 Å². The van der Waals surface area contributed by atoms with Crippen LogP contribution in [0.1, 0.15) is 29.5 Å². The number of aromatic amines is 1. The predicted octanol–water partition coefficient (Wildman–Crippen LogP) is 3.73. The Hall–Kier alpha value is -3.75. The summed E-state index contributed by atoms with van der Waals surface area (Å²) in [6.07, 6.45) is -1.25. The Balaban J connectivity index is 0.000000429. The summed E-state index contributed by atoms with van der Waals surface area (Å²) in [4.78, 5) is 15.6. The first-order valence-electron chi connectivity index (χ1n) is 10.9. The van der Waals surface area contributed by atoms with Gasteiger partial charge in [-0.2, -0.15) is 23.5 Å². The molecule has 0 unspecified atom stereocenters. The number of piperidine rings is 1. The van der Waals surface area contributed by atoms with Crippen molar-refractivity contribution in [3.63, 3.8) is 0 Å². The molecule has 35 heavy (non-hydrogen) atoms. The Morgan fingerprint density at radius 2 is 1.86 bits per heavy atom. The van der Waals surface area contributed by atoms with Gasteiger partial charge < -0.3 is 10.4 Å². The predicted molar refractivity (Wildman–Crippen MR) is 122 cm³/mol. The average molecular weight is 486 g/mol. The number of carbonyl (C=O) groups is 1. The van der Waals surface area contributed by atoms with E-state index in [0.717, 1.165) is 56.0 Å². The quantitative estimate of drug-likeness (QED) is 0.486. The molecule has 2 aromatic carbocycles. The third kappa shape index (κ3) is 8.20. The SMILES string of the molecule is N#Cc1ccc(CN2CCC(NCc3cccc(-c4ncn[nH]4)c3)CC2)cc1.O=C(O)C(F)(F)F. The Morgan fingerprint density at radius 3 is 2.43 bits per heavy atom. The largest absolute Gasteiger partial charge is 0.490 e. The number of carboxylic acid groups (broad SMARTS) is 1. The van der Waals surface area contributed by atoms with Gasteiger partial charge in [0.2, 0.25) is 0 Å². The van der Waals surface area contributed by atoms with E-state index in [9.17, 15) is 13.2 Å². The van der Waals surface area contributed by atoms with Gasteiger partial charge in [0, 0.05) is 24.7 Å². The van der Waals surface area contributed by atoms with Crippen LogP contribution in [-0.4, -0.2) is 56.5 Å². The van der Waals surface area contributed by atoms with E-state index in [2.05, 4.69) is 61.8 Å². The molecule has 0 aliphatic carbocycles. The molecule has 1 aromatic heterocycles. The van der Waals surface area contributed by atoms with Gasteiger partial charge in [-0.15, -0.1) is 0 Å². The molecule has 1 saturated heterocycles. The smallest absolute Gasteiger partial charge is 0.475 e. The maximum Gasteiger partial charge on any atom is 0.490 e. The molecule has 0 atom stereocenters. The Kier molecular flexibility index (Phi) is 8.94. The minimum absolute atomic E-state index is 0.547. The molecule has 184 valence electrons. The van der Waals surface area contributed by atoms with Gasteiger partial charge in [0.25, 0.3) is 0 Å². The maximum absolute atomic E-state index is 10.6. The van der Waals surface area contributed by atoms with Gasteiger partial charge in [0.1, 0.15) is 6.33 Å². The van der Waals surface area contributed by atoms with Gasteiger partial charge >= 0.3 is 12.1 Å². The Labute approximate surface area is 200 Å². The molecule has 2 heterocycles. The number of alkyl halides is 3. The van der Waals surface area contributed by atoms with E-state index in [1.807, 2.05) is 18.2 Å². The fourth-order valence-corrected chi connectivity index (χ4v) is 3.67. The van der Waals surface area contributed by atoms with Crippen LogP contribution in [0.4, 0.5) is 13.2 Å². The fraction of sp³-hybridized carbons (Fsp3) is 0.333. The first-order chi connectivity index (χ1) is 16.7. The first-order valence-corrected chi connectivity index (χ1v) is 10.9. The molecule has 4 rings (SSSR count). The van der Waals surface area contributed by atoms with Crippen molar-refractivity contribution in [3.05, 3.63) is 71.5 Å². The van der Waals surface area contributed by atoms with Gasteiger partial charge in [-0.25, -0.2) is 9.78 Å². The molecule has 1 fully saturated rings. The first kappa shape index (κ1) is 25.9. The van der Waals surface area contributed by atoms with E-state index in [1.165, 1.54) is 17.5 Å². The number of rotatable bonds is 6. The van der Waals surface area contributed by atoms with Crippen molar-refractivity contribution in [2.75, 3.05) is 13.1 Å². The minimum atomic E-state index is -5.08. The molecule has 1 aliphatic rings. The van der Waals surface area contributed by atoms with Crippen LogP contribution in [0, 0.1) is 11.3 Å². The molecule has 1 aliphatic heterocycles. The lowest BCUT2D eigenvalue weighted by Crippen LogP contribution is -2.41. The van der Waals surface area contributed by atoms with Crippen LogP contribution in [0.25, 0.3) is 11.4 Å². The van der Waals surface area contributed by atoms with E-state index in [1.54, 1.807) is 0 Å². The third-order valence-electron chi connectivity index (χ3n) is 5.53. The highest BCUT2D eigenvalue weighted by Gasteiger charge is 2.38. The van der Waals surface area contributed by atoms with Crippen LogP contribution < -0.4 is 5.32 Å². The van der Waals surface area contributed by atoms with Crippen LogP contribution in [0.2, 0.25) is 0 Å². The number of nitrogens with one attached hydrogen (secondary N) is 2. The zero-order valence-electron chi connectivity index (χ0n) is 18.8. The van der Waals surface area contributed by atoms with Crippen LogP contribution in [0.15, 0.2) is 54.9 Å². The summed E-state index contributed by atoms with van der Waals surface area (Å²) in [6.45, 7) is 4.01. The van der Waals surface area contributed by atoms with Crippen molar-refractivity contribution in [3.8, 4) is 17.5 Å². The van der Waals surface area contributed by atoms with Gasteiger partial charge in [-0.1, -0.05) is 30.3 Å². The minimum Gasteiger partial charge on any atom is -0.475 e. The lowest BCUT2D eigenvalue weighted by atomic mass is 10.0. The zero-order chi connectivity index (χ0) is 25.3. The second kappa shape index (κ2) is 12.1. The summed E-state index contributed by atoms with van der Waals surface area (Å²) >= 11 is 0. The summed E-state index contributed by atoms with van der Waals surface area (Å²) in [5, 5.41) is 26.6. The fourth-order valence-electron chi connectivity index (χ4n) is 3.67. The number of aromatic nitrogens is 3. The number of nitrogens with zero attached hydrogens (tertiary/aromatic N) is 4. The van der Waals surface area contributed by atoms with Crippen molar-refractivity contribution in [1.29, 1.82) is 5.26 Å². The second-order valence-electron chi connectivity index (χ2n) is 8.08. The maximum atomic E-state index is 10.6. The number of nitriles is 1. The summed E-state index contributed by atoms with van der Waals surface area (Å²) in [6, 6.07) is 19.1. The van der Waals surface area contributed by atoms with Crippen molar-refractivity contribution in [1.82, 2.24) is 25.4 Å². The highest BCUT2D eigenvalue weighted by atomic mass is 19.4. The van der Waals surface area contributed by atoms with E-state index in [0.29, 0.717) is 6.04 Å². The molecule has 3 N–H and O–H groups in total. The summed E-state index contributed by atoms with van der Waals surface area (Å²) in [5.74, 6) is -1.95. The topological polar surface area (TPSA) is 118 Å². The molecule has 0 bridgehead atoms. The molecular weight excluding hydrogens is 461 g/mol. The second-order valence-corrected chi connectivity index (χ2v) is 8.08. The molecule has 0 radical (unpaired) electrons. The van der Waals surface area contributed by atoms with Crippen molar-refractivity contribution < 1.29 is 23.1 Å². The van der Waals surface area contributed by atoms with Gasteiger partial charge in [0.05, 0.1) is 11.6 Å². The molecule has 0 saturated carbocycles. The van der Waals surface area contributed by atoms with Gasteiger partial charge in [-0.05, 0) is 55.3 Å². The zero-order valence-corrected chi connectivity index (χ0v) is 18.8. The number of carboxylic acids is 1. The summed E-state index contributed by atoms with van der Waals surface area (Å²) < 4.78 is 31.7. The van der Waals surface area contributed by atoms with E-state index >= 15 is 0 Å². The number of aliphatic carboxylic acids is 1. The molecule has 11 heteroatoms. The van der Waals surface area contributed by atoms with Crippen LogP contribution in [0.3, 0.4) is 0 Å². The number of benzene rings is 2. The molecule has 3 aromatic rings. The Bertz CT molecular complexity index is 1120. The summed E-state index contributed by atoms with van der Waals surface area (Å²) in [7, 11) is 0. The van der Waals surface area contributed by atoms with Crippen molar-refractivity contribution in [2.45, 2.75) is 38.1 Å².